The summed E-state index contributed by atoms with van der Waals surface area (Å²) in [4.78, 5) is 3.81. The van der Waals surface area contributed by atoms with Crippen LogP contribution in [-0.2, 0) is 0 Å². The number of anilines is 1. The summed E-state index contributed by atoms with van der Waals surface area (Å²) in [6.45, 7) is 1.39. The molecule has 0 radical (unpaired) electrons. The quantitative estimate of drug-likeness (QED) is 0.415. The van der Waals surface area contributed by atoms with Gasteiger partial charge in [0, 0.05) is 11.6 Å². The van der Waals surface area contributed by atoms with Crippen LogP contribution in [0.15, 0.2) is 54.3 Å². The maximum atomic E-state index is 13.4. The van der Waals surface area contributed by atoms with Gasteiger partial charge < -0.3 is 5.32 Å². The molecule has 0 unspecified atom stereocenters. The van der Waals surface area contributed by atoms with Crippen molar-refractivity contribution in [1.29, 1.82) is 0 Å². The Morgan fingerprint density at radius 3 is 2.75 bits per heavy atom. The van der Waals surface area contributed by atoms with Gasteiger partial charge in [0.1, 0.15) is 5.82 Å². The Balaban J connectivity index is 1.84. The molecule has 0 bridgehead atoms. The lowest BCUT2D eigenvalue weighted by Gasteiger charge is -2.11. The molecule has 146 valence electrons. The van der Waals surface area contributed by atoms with E-state index in [-0.39, 0.29) is 12.4 Å². The third-order valence-electron chi connectivity index (χ3n) is 3.97. The number of nitrogens with one attached hydrogen (secondary N) is 2. The molecule has 3 aromatic rings. The second kappa shape index (κ2) is 8.02. The van der Waals surface area contributed by atoms with Gasteiger partial charge in [-0.05, 0) is 36.3 Å². The third-order valence-corrected chi connectivity index (χ3v) is 4.30. The van der Waals surface area contributed by atoms with Crippen molar-refractivity contribution in [3.63, 3.8) is 0 Å². The lowest BCUT2D eigenvalue weighted by atomic mass is 10.0. The highest BCUT2D eigenvalue weighted by atomic mass is 35.5. The Morgan fingerprint density at radius 2 is 2.04 bits per heavy atom. The van der Waals surface area contributed by atoms with Gasteiger partial charge in [0.15, 0.2) is 11.5 Å². The number of H-pyrrole nitrogens is 1. The summed E-state index contributed by atoms with van der Waals surface area (Å²) in [6.07, 6.45) is -1.50. The molecule has 0 fully saturated rings. The van der Waals surface area contributed by atoms with E-state index in [1.54, 1.807) is 31.2 Å². The Bertz CT molecular complexity index is 1050. The van der Waals surface area contributed by atoms with Crippen molar-refractivity contribution in [1.82, 2.24) is 15.2 Å². The Kier molecular flexibility index (Phi) is 5.69. The number of nitrogens with zero attached hydrogens (tertiary/aromatic N) is 2. The van der Waals surface area contributed by atoms with Crippen LogP contribution >= 0.6 is 11.6 Å². The van der Waals surface area contributed by atoms with Gasteiger partial charge >= 0.3 is 6.18 Å². The number of benzene rings is 1. The van der Waals surface area contributed by atoms with Gasteiger partial charge in [0.25, 0.3) is 0 Å². The topological polar surface area (TPSA) is 53.6 Å². The van der Waals surface area contributed by atoms with Gasteiger partial charge in [-0.15, -0.1) is 0 Å². The maximum Gasteiger partial charge on any atom is 0.416 e. The highest BCUT2D eigenvalue weighted by Gasteiger charge is 2.32. The normalized spacial score (nSPS) is 13.2. The van der Waals surface area contributed by atoms with Gasteiger partial charge in [0.2, 0.25) is 0 Å². The van der Waals surface area contributed by atoms with Crippen molar-refractivity contribution in [3.05, 3.63) is 70.7 Å². The van der Waals surface area contributed by atoms with Crippen molar-refractivity contribution in [2.45, 2.75) is 13.1 Å². The molecule has 3 rings (SSSR count). The smallest absolute Gasteiger partial charge is 0.365 e. The van der Waals surface area contributed by atoms with Crippen LogP contribution < -0.4 is 5.32 Å². The molecular formula is C19H15ClF4N4. The molecule has 0 aliphatic heterocycles. The third kappa shape index (κ3) is 4.51. The molecule has 2 N–H and O–H groups in total. The van der Waals surface area contributed by atoms with E-state index in [1.165, 1.54) is 6.07 Å². The van der Waals surface area contributed by atoms with Crippen LogP contribution in [0, 0.1) is 5.82 Å². The van der Waals surface area contributed by atoms with E-state index in [1.807, 2.05) is 0 Å². The molecule has 0 amide bonds. The molecule has 28 heavy (non-hydrogen) atoms. The Morgan fingerprint density at radius 1 is 1.29 bits per heavy atom. The van der Waals surface area contributed by atoms with Crippen LogP contribution in [0.4, 0.5) is 23.4 Å². The summed E-state index contributed by atoms with van der Waals surface area (Å²) >= 11 is 6.05. The zero-order valence-corrected chi connectivity index (χ0v) is 15.4. The molecule has 1 aromatic carbocycles. The van der Waals surface area contributed by atoms with E-state index >= 15 is 0 Å². The highest BCUT2D eigenvalue weighted by molar-refractivity contribution is 6.32. The summed E-state index contributed by atoms with van der Waals surface area (Å²) < 4.78 is 53.6. The monoisotopic (exact) mass is 410 g/mol. The lowest BCUT2D eigenvalue weighted by molar-refractivity contribution is -0.0883. The zero-order chi connectivity index (χ0) is 20.3. The first kappa shape index (κ1) is 19.9. The molecule has 2 aromatic heterocycles. The van der Waals surface area contributed by atoms with Crippen LogP contribution in [0.1, 0.15) is 12.5 Å². The predicted molar refractivity (Wildman–Crippen MR) is 102 cm³/mol. The minimum Gasteiger partial charge on any atom is -0.365 e. The van der Waals surface area contributed by atoms with Crippen molar-refractivity contribution >= 4 is 34.0 Å². The van der Waals surface area contributed by atoms with Crippen LogP contribution in [-0.4, -0.2) is 27.9 Å². The van der Waals surface area contributed by atoms with E-state index < -0.39 is 17.6 Å². The van der Waals surface area contributed by atoms with Crippen molar-refractivity contribution < 1.29 is 17.6 Å². The van der Waals surface area contributed by atoms with Crippen molar-refractivity contribution in [3.8, 4) is 0 Å². The van der Waals surface area contributed by atoms with Gasteiger partial charge in [-0.2, -0.15) is 18.3 Å². The highest BCUT2D eigenvalue weighted by Crippen LogP contribution is 2.31. The number of rotatable bonds is 5. The molecule has 0 saturated carbocycles. The average molecular weight is 411 g/mol. The number of aromatic amines is 1. The summed E-state index contributed by atoms with van der Waals surface area (Å²) in [7, 11) is 0. The number of alkyl halides is 3. The standard InChI is InChI=1S/C19H15ClF4N4/c1-11(14-4-2-3-5-16(14)20)8-12(19(22,23)24)6-7-25-17-15-9-13(21)10-26-18(15)28-27-17/h2-6,8-10H,7H2,1H3,(H2,25,26,27,28)/b11-8+,12-6+. The van der Waals surface area contributed by atoms with Crippen LogP contribution in [0.2, 0.25) is 5.02 Å². The van der Waals surface area contributed by atoms with Crippen LogP contribution in [0.25, 0.3) is 16.6 Å². The van der Waals surface area contributed by atoms with Gasteiger partial charge in [-0.3, -0.25) is 5.10 Å². The first-order valence-electron chi connectivity index (χ1n) is 8.20. The van der Waals surface area contributed by atoms with E-state index in [0.29, 0.717) is 27.2 Å². The first-order chi connectivity index (χ1) is 13.3. The fourth-order valence-electron chi connectivity index (χ4n) is 2.62. The number of fused-ring (bicyclic) bond motifs is 1. The number of halogens is 5. The van der Waals surface area contributed by atoms with Crippen molar-refractivity contribution in [2.24, 2.45) is 0 Å². The summed E-state index contributed by atoms with van der Waals surface area (Å²) in [5, 5.41) is 9.95. The summed E-state index contributed by atoms with van der Waals surface area (Å²) in [5.41, 5.74) is 0.401. The van der Waals surface area contributed by atoms with Gasteiger partial charge in [0.05, 0.1) is 17.2 Å². The number of pyridine rings is 1. The SMILES string of the molecule is C/C(=C\C(=C/CNc1n[nH]c2ncc(F)cc12)C(F)(F)F)c1ccccc1Cl. The van der Waals surface area contributed by atoms with E-state index in [9.17, 15) is 17.6 Å². The van der Waals surface area contributed by atoms with E-state index in [2.05, 4.69) is 20.5 Å². The summed E-state index contributed by atoms with van der Waals surface area (Å²) in [5.74, 6) is -0.353. The molecule has 0 saturated heterocycles. The lowest BCUT2D eigenvalue weighted by Crippen LogP contribution is -2.12. The zero-order valence-electron chi connectivity index (χ0n) is 14.6. The minimum absolute atomic E-state index is 0.169. The second-order valence-electron chi connectivity index (χ2n) is 5.97. The minimum atomic E-state index is -4.55. The van der Waals surface area contributed by atoms with Gasteiger partial charge in [-0.1, -0.05) is 35.9 Å². The molecule has 9 heteroatoms. The first-order valence-corrected chi connectivity index (χ1v) is 8.57. The average Bonchev–Trinajstić information content (AvgIpc) is 3.02. The fourth-order valence-corrected chi connectivity index (χ4v) is 2.90. The second-order valence-corrected chi connectivity index (χ2v) is 6.37. The molecular weight excluding hydrogens is 396 g/mol. The van der Waals surface area contributed by atoms with Crippen molar-refractivity contribution in [2.75, 3.05) is 11.9 Å². The number of hydrogen-bond donors (Lipinski definition) is 2. The fraction of sp³-hybridized carbons (Fsp3) is 0.158. The molecule has 0 spiro atoms. The van der Waals surface area contributed by atoms with Crippen LogP contribution in [0.3, 0.4) is 0 Å². The predicted octanol–water partition coefficient (Wildman–Crippen LogP) is 5.75. The largest absolute Gasteiger partial charge is 0.416 e. The molecule has 0 atom stereocenters. The number of aromatic nitrogens is 3. The molecule has 0 aliphatic rings. The molecule has 4 nitrogen and oxygen atoms in total. The van der Waals surface area contributed by atoms with Gasteiger partial charge in [-0.25, -0.2) is 9.37 Å². The van der Waals surface area contributed by atoms with Crippen LogP contribution in [0.5, 0.6) is 0 Å². The van der Waals surface area contributed by atoms with E-state index in [0.717, 1.165) is 18.3 Å². The number of allylic oxidation sites excluding steroid dienone is 3. The maximum absolute atomic E-state index is 13.4. The number of hydrogen-bond acceptors (Lipinski definition) is 3. The molecule has 2 heterocycles. The van der Waals surface area contributed by atoms with E-state index in [4.69, 9.17) is 11.6 Å². The summed E-state index contributed by atoms with van der Waals surface area (Å²) in [6, 6.07) is 7.87. The Labute approximate surface area is 162 Å². The Hall–Kier alpha value is -2.87. The molecule has 0 aliphatic carbocycles.